The minimum Gasteiger partial charge on any atom is -0.494 e. The van der Waals surface area contributed by atoms with Gasteiger partial charge in [0, 0.05) is 0 Å². The number of fused-ring (bicyclic) bond motifs is 1. The van der Waals surface area contributed by atoms with Gasteiger partial charge in [0.15, 0.2) is 0 Å². The van der Waals surface area contributed by atoms with E-state index in [0.717, 1.165) is 24.7 Å². The fraction of sp³-hybridized carbons (Fsp3) is 0.600. The molecule has 0 radical (unpaired) electrons. The van der Waals surface area contributed by atoms with Crippen molar-refractivity contribution in [1.29, 1.82) is 0 Å². The van der Waals surface area contributed by atoms with Crippen LogP contribution in [0.2, 0.25) is 0 Å². The van der Waals surface area contributed by atoms with Crippen LogP contribution in [0.25, 0.3) is 11.1 Å². The predicted molar refractivity (Wildman–Crippen MR) is 135 cm³/mol. The highest BCUT2D eigenvalue weighted by Gasteiger charge is 2.18. The summed E-state index contributed by atoms with van der Waals surface area (Å²) < 4.78 is 5.95. The van der Waals surface area contributed by atoms with Gasteiger partial charge in [-0.15, -0.1) is 0 Å². The first kappa shape index (κ1) is 23.9. The molecular weight excluding hydrogens is 376 g/mol. The van der Waals surface area contributed by atoms with Gasteiger partial charge in [-0.1, -0.05) is 108 Å². The van der Waals surface area contributed by atoms with Gasteiger partial charge < -0.3 is 4.74 Å². The van der Waals surface area contributed by atoms with E-state index in [9.17, 15) is 0 Å². The second-order valence-corrected chi connectivity index (χ2v) is 9.58. The number of hydrogen-bond acceptors (Lipinski definition) is 1. The highest BCUT2D eigenvalue weighted by Crippen LogP contribution is 2.32. The third-order valence-corrected chi connectivity index (χ3v) is 6.96. The molecule has 1 aliphatic carbocycles. The molecule has 0 fully saturated rings. The van der Waals surface area contributed by atoms with Crippen LogP contribution in [-0.4, -0.2) is 6.61 Å². The van der Waals surface area contributed by atoms with Gasteiger partial charge in [-0.25, -0.2) is 0 Å². The Balaban J connectivity index is 1.45. The summed E-state index contributed by atoms with van der Waals surface area (Å²) in [7, 11) is 0. The topological polar surface area (TPSA) is 9.23 Å². The Labute approximate surface area is 191 Å². The maximum Gasteiger partial charge on any atom is 0.119 e. The average molecular weight is 421 g/mol. The first-order chi connectivity index (χ1) is 15.3. The molecule has 0 spiro atoms. The van der Waals surface area contributed by atoms with Crippen LogP contribution >= 0.6 is 0 Å². The van der Waals surface area contributed by atoms with E-state index in [-0.39, 0.29) is 0 Å². The number of unbranched alkanes of at least 4 members (excludes halogenated alkanes) is 8. The van der Waals surface area contributed by atoms with Crippen LogP contribution in [0.5, 0.6) is 5.75 Å². The van der Waals surface area contributed by atoms with Crippen LogP contribution in [0.3, 0.4) is 0 Å². The monoisotopic (exact) mass is 420 g/mol. The smallest absolute Gasteiger partial charge is 0.119 e. The maximum absolute atomic E-state index is 5.95. The van der Waals surface area contributed by atoms with Gasteiger partial charge in [0.05, 0.1) is 6.61 Å². The normalized spacial score (nSPS) is 15.6. The minimum absolute atomic E-state index is 0.837. The number of rotatable bonds is 14. The van der Waals surface area contributed by atoms with Gasteiger partial charge in [-0.3, -0.25) is 0 Å². The Morgan fingerprint density at radius 1 is 0.710 bits per heavy atom. The average Bonchev–Trinajstić information content (AvgIpc) is 2.81. The van der Waals surface area contributed by atoms with Crippen molar-refractivity contribution in [2.75, 3.05) is 6.61 Å². The molecule has 0 aromatic heterocycles. The Hall–Kier alpha value is -1.76. The zero-order valence-corrected chi connectivity index (χ0v) is 20.1. The highest BCUT2D eigenvalue weighted by molar-refractivity contribution is 5.66. The molecule has 0 N–H and O–H groups in total. The first-order valence-electron chi connectivity index (χ1n) is 13.1. The standard InChI is InChI=1S/C30H44O/c1-3-5-7-9-10-12-22-31-30-20-18-26(19-21-30)28-17-16-27-23-25(13-11-8-6-4-2)14-15-29(27)24-28/h16-21,24-25H,3-15,22-23H2,1-2H3. The Morgan fingerprint density at radius 2 is 1.39 bits per heavy atom. The summed E-state index contributed by atoms with van der Waals surface area (Å²) in [5, 5.41) is 0. The van der Waals surface area contributed by atoms with E-state index in [4.69, 9.17) is 4.74 Å². The zero-order valence-electron chi connectivity index (χ0n) is 20.1. The van der Waals surface area contributed by atoms with Crippen molar-refractivity contribution in [3.63, 3.8) is 0 Å². The van der Waals surface area contributed by atoms with E-state index in [1.54, 1.807) is 11.1 Å². The molecule has 1 atom stereocenters. The van der Waals surface area contributed by atoms with E-state index in [1.807, 2.05) is 0 Å². The second kappa shape index (κ2) is 13.6. The fourth-order valence-corrected chi connectivity index (χ4v) is 4.93. The summed E-state index contributed by atoms with van der Waals surface area (Å²) >= 11 is 0. The fourth-order valence-electron chi connectivity index (χ4n) is 4.93. The lowest BCUT2D eigenvalue weighted by Crippen LogP contribution is -2.14. The summed E-state index contributed by atoms with van der Waals surface area (Å²) in [6.07, 6.45) is 18.7. The van der Waals surface area contributed by atoms with Crippen molar-refractivity contribution < 1.29 is 4.74 Å². The molecule has 1 unspecified atom stereocenters. The summed E-state index contributed by atoms with van der Waals surface area (Å²) in [5.41, 5.74) is 5.82. The van der Waals surface area contributed by atoms with Crippen LogP contribution in [-0.2, 0) is 12.8 Å². The summed E-state index contributed by atoms with van der Waals surface area (Å²) in [5.74, 6) is 1.90. The Bertz CT molecular complexity index is 746. The Kier molecular flexibility index (Phi) is 10.5. The van der Waals surface area contributed by atoms with Crippen molar-refractivity contribution in [1.82, 2.24) is 0 Å². The molecule has 3 rings (SSSR count). The number of aryl methyl sites for hydroxylation is 1. The third kappa shape index (κ3) is 8.02. The van der Waals surface area contributed by atoms with Crippen LogP contribution in [0.15, 0.2) is 42.5 Å². The minimum atomic E-state index is 0.837. The van der Waals surface area contributed by atoms with Gasteiger partial charge in [-0.05, 0) is 66.0 Å². The molecule has 1 aliphatic rings. The molecule has 0 heterocycles. The second-order valence-electron chi connectivity index (χ2n) is 9.58. The van der Waals surface area contributed by atoms with Crippen LogP contribution in [0.1, 0.15) is 102 Å². The van der Waals surface area contributed by atoms with Gasteiger partial charge >= 0.3 is 0 Å². The number of hydrogen-bond donors (Lipinski definition) is 0. The van der Waals surface area contributed by atoms with Crippen molar-refractivity contribution in [3.8, 4) is 16.9 Å². The number of ether oxygens (including phenoxy) is 1. The van der Waals surface area contributed by atoms with Crippen LogP contribution in [0.4, 0.5) is 0 Å². The molecule has 0 saturated heterocycles. The molecule has 2 aromatic rings. The van der Waals surface area contributed by atoms with Gasteiger partial charge in [0.2, 0.25) is 0 Å². The first-order valence-corrected chi connectivity index (χ1v) is 13.1. The van der Waals surface area contributed by atoms with Gasteiger partial charge in [-0.2, -0.15) is 0 Å². The zero-order chi connectivity index (χ0) is 21.7. The SMILES string of the molecule is CCCCCCCCOc1ccc(-c2ccc3c(c2)CCC(CCCCCC)C3)cc1. The molecule has 170 valence electrons. The molecule has 1 nitrogen and oxygen atoms in total. The molecule has 2 aromatic carbocycles. The van der Waals surface area contributed by atoms with Gasteiger partial charge in [0.25, 0.3) is 0 Å². The highest BCUT2D eigenvalue weighted by atomic mass is 16.5. The molecule has 31 heavy (non-hydrogen) atoms. The summed E-state index contributed by atoms with van der Waals surface area (Å²) in [6.45, 7) is 5.40. The van der Waals surface area contributed by atoms with Crippen molar-refractivity contribution in [3.05, 3.63) is 53.6 Å². The van der Waals surface area contributed by atoms with Gasteiger partial charge in [0.1, 0.15) is 5.75 Å². The molecule has 0 saturated carbocycles. The largest absolute Gasteiger partial charge is 0.494 e. The quantitative estimate of drug-likeness (QED) is 0.277. The van der Waals surface area contributed by atoms with Crippen LogP contribution in [0, 0.1) is 5.92 Å². The van der Waals surface area contributed by atoms with Crippen molar-refractivity contribution >= 4 is 0 Å². The lowest BCUT2D eigenvalue weighted by Gasteiger charge is -2.25. The third-order valence-electron chi connectivity index (χ3n) is 6.96. The van der Waals surface area contributed by atoms with E-state index in [0.29, 0.717) is 0 Å². The predicted octanol–water partition coefficient (Wildman–Crippen LogP) is 9.17. The summed E-state index contributed by atoms with van der Waals surface area (Å²) in [6, 6.07) is 15.9. The maximum atomic E-state index is 5.95. The lowest BCUT2D eigenvalue weighted by molar-refractivity contribution is 0.304. The molecule has 1 heteroatoms. The molecule has 0 bridgehead atoms. The lowest BCUT2D eigenvalue weighted by atomic mass is 9.80. The van der Waals surface area contributed by atoms with E-state index < -0.39 is 0 Å². The molecule has 0 amide bonds. The molecule has 0 aliphatic heterocycles. The Morgan fingerprint density at radius 3 is 2.16 bits per heavy atom. The van der Waals surface area contributed by atoms with Crippen molar-refractivity contribution in [2.45, 2.75) is 104 Å². The van der Waals surface area contributed by atoms with E-state index >= 15 is 0 Å². The van der Waals surface area contributed by atoms with E-state index in [2.05, 4.69) is 56.3 Å². The van der Waals surface area contributed by atoms with E-state index in [1.165, 1.54) is 94.6 Å². The number of benzene rings is 2. The van der Waals surface area contributed by atoms with Crippen LogP contribution < -0.4 is 4.74 Å². The van der Waals surface area contributed by atoms with Crippen molar-refractivity contribution in [2.24, 2.45) is 5.92 Å². The summed E-state index contributed by atoms with van der Waals surface area (Å²) in [4.78, 5) is 0. The molecular formula is C30H44O.